The molecule has 0 amide bonds. The highest BCUT2D eigenvalue weighted by Crippen LogP contribution is 1.81. The van der Waals surface area contributed by atoms with Crippen molar-refractivity contribution in [2.24, 2.45) is 0 Å². The Morgan fingerprint density at radius 1 is 1.78 bits per heavy atom. The molecule has 0 fully saturated rings. The Hall–Kier alpha value is -0.490. The van der Waals surface area contributed by atoms with E-state index in [2.05, 4.69) is 4.74 Å². The fraction of sp³-hybridized carbons (Fsp3) is 0.667. The van der Waals surface area contributed by atoms with Gasteiger partial charge in [0.2, 0.25) is 0 Å². The van der Waals surface area contributed by atoms with Crippen LogP contribution in [0.4, 0.5) is 4.39 Å². The van der Waals surface area contributed by atoms with Crippen LogP contribution in [0.5, 0.6) is 0 Å². The van der Waals surface area contributed by atoms with E-state index in [0.29, 0.717) is 0 Å². The molecular formula is C3H4FO4S-. The number of rotatable bonds is 3. The van der Waals surface area contributed by atoms with Gasteiger partial charge in [-0.05, 0) is 11.1 Å². The van der Waals surface area contributed by atoms with Crippen molar-refractivity contribution in [3.05, 3.63) is 0 Å². The molecule has 0 rings (SSSR count). The Morgan fingerprint density at radius 2 is 2.33 bits per heavy atom. The van der Waals surface area contributed by atoms with E-state index in [1.165, 1.54) is 0 Å². The molecule has 0 saturated heterocycles. The summed E-state index contributed by atoms with van der Waals surface area (Å²) in [6, 6.07) is 0. The van der Waals surface area contributed by atoms with Gasteiger partial charge in [-0.25, -0.2) is 9.18 Å². The Bertz CT molecular complexity index is 125. The third kappa shape index (κ3) is 5.38. The van der Waals surface area contributed by atoms with Crippen molar-refractivity contribution in [2.75, 3.05) is 12.6 Å². The lowest BCUT2D eigenvalue weighted by Crippen LogP contribution is -2.10. The minimum absolute atomic E-state index is 0.775. The van der Waals surface area contributed by atoms with Crippen LogP contribution in [-0.2, 0) is 20.6 Å². The molecule has 0 saturated carbocycles. The normalized spacial score (nSPS) is 12.7. The van der Waals surface area contributed by atoms with Crippen molar-refractivity contribution in [3.8, 4) is 0 Å². The predicted octanol–water partition coefficient (Wildman–Crippen LogP) is -0.664. The minimum Gasteiger partial charge on any atom is -0.770 e. The molecule has 9 heavy (non-hydrogen) atoms. The fourth-order valence-corrected chi connectivity index (χ4v) is 0.380. The molecule has 0 aliphatic rings. The van der Waals surface area contributed by atoms with E-state index in [4.69, 9.17) is 0 Å². The average molecular weight is 155 g/mol. The first kappa shape index (κ1) is 8.51. The largest absolute Gasteiger partial charge is 0.770 e. The fourth-order valence-electron chi connectivity index (χ4n) is 0.152. The lowest BCUT2D eigenvalue weighted by molar-refractivity contribution is -0.142. The van der Waals surface area contributed by atoms with Crippen LogP contribution in [0.15, 0.2) is 0 Å². The number of ether oxygens (including phenoxy) is 1. The van der Waals surface area contributed by atoms with Gasteiger partial charge in [-0.3, -0.25) is 4.21 Å². The predicted molar refractivity (Wildman–Crippen MR) is 25.9 cm³/mol. The first-order valence-corrected chi connectivity index (χ1v) is 3.18. The van der Waals surface area contributed by atoms with Crippen LogP contribution in [-0.4, -0.2) is 27.3 Å². The summed E-state index contributed by atoms with van der Waals surface area (Å²) in [5.41, 5.74) is 0. The highest BCUT2D eigenvalue weighted by atomic mass is 32.2. The summed E-state index contributed by atoms with van der Waals surface area (Å²) in [4.78, 5) is 9.85. The van der Waals surface area contributed by atoms with E-state index in [0.717, 1.165) is 0 Å². The third-order valence-electron chi connectivity index (χ3n) is 0.425. The summed E-state index contributed by atoms with van der Waals surface area (Å²) in [5, 5.41) is 0. The van der Waals surface area contributed by atoms with Crippen molar-refractivity contribution in [3.63, 3.8) is 0 Å². The zero-order chi connectivity index (χ0) is 7.28. The molecule has 0 radical (unpaired) electrons. The number of halogens is 1. The summed E-state index contributed by atoms with van der Waals surface area (Å²) < 4.78 is 34.2. The summed E-state index contributed by atoms with van der Waals surface area (Å²) in [7, 11) is 0. The van der Waals surface area contributed by atoms with Gasteiger partial charge in [0.25, 0.3) is 0 Å². The zero-order valence-corrected chi connectivity index (χ0v) is 5.15. The molecule has 4 nitrogen and oxygen atoms in total. The third-order valence-corrected chi connectivity index (χ3v) is 0.736. The maximum Gasteiger partial charge on any atom is 0.338 e. The quantitative estimate of drug-likeness (QED) is 0.400. The molecule has 1 unspecified atom stereocenters. The monoisotopic (exact) mass is 155 g/mol. The van der Waals surface area contributed by atoms with Crippen LogP contribution in [0.1, 0.15) is 0 Å². The van der Waals surface area contributed by atoms with Crippen LogP contribution in [0, 0.1) is 0 Å². The maximum absolute atomic E-state index is 11.2. The number of carbonyl (C=O) groups is 1. The van der Waals surface area contributed by atoms with Gasteiger partial charge in [-0.1, -0.05) is 0 Å². The topological polar surface area (TPSA) is 66.4 Å². The molecule has 0 spiro atoms. The number of carbonyl (C=O) groups excluding carboxylic acids is 1. The van der Waals surface area contributed by atoms with Gasteiger partial charge in [0.05, 0.1) is 0 Å². The van der Waals surface area contributed by atoms with Crippen LogP contribution in [0.3, 0.4) is 0 Å². The number of alkyl halides is 1. The number of hydrogen-bond acceptors (Lipinski definition) is 4. The summed E-state index contributed by atoms with van der Waals surface area (Å²) in [5.74, 6) is -1.94. The van der Waals surface area contributed by atoms with E-state index >= 15 is 0 Å². The van der Waals surface area contributed by atoms with Gasteiger partial charge in [-0.15, -0.1) is 0 Å². The second-order valence-corrected chi connectivity index (χ2v) is 1.91. The van der Waals surface area contributed by atoms with Crippen LogP contribution >= 0.6 is 0 Å². The van der Waals surface area contributed by atoms with Crippen LogP contribution in [0.2, 0.25) is 0 Å². The Balaban J connectivity index is 3.28. The number of hydrogen-bond donors (Lipinski definition) is 0. The highest BCUT2D eigenvalue weighted by Gasteiger charge is 1.98. The summed E-state index contributed by atoms with van der Waals surface area (Å²) in [6.07, 6.45) is 0. The Kier molecular flexibility index (Phi) is 4.16. The molecule has 0 bridgehead atoms. The first-order valence-electron chi connectivity index (χ1n) is 1.94. The van der Waals surface area contributed by atoms with E-state index in [1.807, 2.05) is 0 Å². The smallest absolute Gasteiger partial charge is 0.338 e. The minimum atomic E-state index is -2.45. The Morgan fingerprint density at radius 3 is 2.67 bits per heavy atom. The van der Waals surface area contributed by atoms with E-state index in [1.54, 1.807) is 0 Å². The van der Waals surface area contributed by atoms with Gasteiger partial charge in [0.15, 0.2) is 12.6 Å². The van der Waals surface area contributed by atoms with Crippen molar-refractivity contribution >= 4 is 17.0 Å². The maximum atomic E-state index is 11.2. The molecular weight excluding hydrogens is 151 g/mol. The molecule has 0 aromatic heterocycles. The average Bonchev–Trinajstić information content (AvgIpc) is 1.83. The summed E-state index contributed by atoms with van der Waals surface area (Å²) >= 11 is -2.45. The number of esters is 1. The molecule has 0 heterocycles. The standard InChI is InChI=1S/C3H5FO4S/c4-1-3(5)8-2-9(6)7/h1-2H2,(H,6,7)/p-1. The molecule has 0 aliphatic heterocycles. The summed E-state index contributed by atoms with van der Waals surface area (Å²) in [6.45, 7) is -1.29. The van der Waals surface area contributed by atoms with Crippen LogP contribution < -0.4 is 0 Å². The van der Waals surface area contributed by atoms with Crippen LogP contribution in [0.25, 0.3) is 0 Å². The van der Waals surface area contributed by atoms with E-state index in [9.17, 15) is 17.9 Å². The molecule has 0 N–H and O–H groups in total. The van der Waals surface area contributed by atoms with Gasteiger partial charge >= 0.3 is 5.97 Å². The van der Waals surface area contributed by atoms with Crippen molar-refractivity contribution in [1.29, 1.82) is 0 Å². The molecule has 0 aromatic carbocycles. The Labute approximate surface area is 53.3 Å². The molecule has 0 aromatic rings. The molecule has 6 heteroatoms. The second kappa shape index (κ2) is 4.39. The first-order chi connectivity index (χ1) is 4.16. The SMILES string of the molecule is O=C(CF)OCS(=O)[O-]. The van der Waals surface area contributed by atoms with Gasteiger partial charge in [0, 0.05) is 0 Å². The van der Waals surface area contributed by atoms with Gasteiger partial charge in [-0.2, -0.15) is 0 Å². The lowest BCUT2D eigenvalue weighted by atomic mass is 10.8. The van der Waals surface area contributed by atoms with Gasteiger partial charge in [0.1, 0.15) is 0 Å². The molecule has 1 atom stereocenters. The van der Waals surface area contributed by atoms with Crippen molar-refractivity contribution in [2.45, 2.75) is 0 Å². The second-order valence-electron chi connectivity index (χ2n) is 1.07. The van der Waals surface area contributed by atoms with E-state index < -0.39 is 29.7 Å². The van der Waals surface area contributed by atoms with Crippen molar-refractivity contribution in [1.82, 2.24) is 0 Å². The highest BCUT2D eigenvalue weighted by molar-refractivity contribution is 7.78. The zero-order valence-electron chi connectivity index (χ0n) is 4.33. The van der Waals surface area contributed by atoms with E-state index in [-0.39, 0.29) is 0 Å². The molecule has 54 valence electrons. The molecule has 0 aliphatic carbocycles. The van der Waals surface area contributed by atoms with Crippen molar-refractivity contribution < 1.29 is 22.7 Å². The lowest BCUT2D eigenvalue weighted by Gasteiger charge is -2.03. The van der Waals surface area contributed by atoms with Gasteiger partial charge < -0.3 is 9.29 Å².